The lowest BCUT2D eigenvalue weighted by Gasteiger charge is -2.15. The number of nitrogens with zero attached hydrogens (tertiary/aromatic N) is 1. The van der Waals surface area contributed by atoms with Crippen LogP contribution in [0, 0.1) is 0 Å². The molecule has 1 saturated heterocycles. The number of carbonyl (C=O) groups is 1. The van der Waals surface area contributed by atoms with Crippen LogP contribution in [0.25, 0.3) is 0 Å². The number of carbonyl (C=O) groups excluding carboxylic acids is 1. The maximum Gasteiger partial charge on any atom is 0.236 e. The number of likely N-dealkylation sites (tertiary alicyclic amines) is 1. The van der Waals surface area contributed by atoms with Gasteiger partial charge < -0.3 is 10.2 Å². The van der Waals surface area contributed by atoms with Gasteiger partial charge in [-0.25, -0.2) is 0 Å². The van der Waals surface area contributed by atoms with Crippen molar-refractivity contribution in [2.75, 3.05) is 26.2 Å². The highest BCUT2D eigenvalue weighted by molar-refractivity contribution is 7.07. The van der Waals surface area contributed by atoms with Gasteiger partial charge in [0.25, 0.3) is 0 Å². The van der Waals surface area contributed by atoms with Crippen LogP contribution in [0.2, 0.25) is 0 Å². The zero-order valence-corrected chi connectivity index (χ0v) is 10.3. The fourth-order valence-corrected chi connectivity index (χ4v) is 2.64. The minimum Gasteiger partial charge on any atom is -0.342 e. The summed E-state index contributed by atoms with van der Waals surface area (Å²) in [4.78, 5) is 13.6. The van der Waals surface area contributed by atoms with E-state index in [1.807, 2.05) is 4.90 Å². The molecule has 16 heavy (non-hydrogen) atoms. The Morgan fingerprint density at radius 2 is 2.25 bits per heavy atom. The third-order valence-corrected chi connectivity index (χ3v) is 3.64. The molecule has 0 atom stereocenters. The standard InChI is InChI=1S/C12H18N2OS/c15-12(14-6-1-2-7-14)9-13-5-3-11-4-8-16-10-11/h4,8,10,13H,1-3,5-7,9H2. The molecule has 2 rings (SSSR count). The predicted molar refractivity (Wildman–Crippen MR) is 66.7 cm³/mol. The van der Waals surface area contributed by atoms with E-state index in [2.05, 4.69) is 22.1 Å². The first-order valence-electron chi connectivity index (χ1n) is 5.86. The van der Waals surface area contributed by atoms with Crippen molar-refractivity contribution in [1.29, 1.82) is 0 Å². The van der Waals surface area contributed by atoms with Crippen LogP contribution in [0.5, 0.6) is 0 Å². The number of amides is 1. The second-order valence-corrected chi connectivity index (χ2v) is 4.93. The van der Waals surface area contributed by atoms with Gasteiger partial charge in [0, 0.05) is 13.1 Å². The first-order valence-corrected chi connectivity index (χ1v) is 6.80. The lowest BCUT2D eigenvalue weighted by Crippen LogP contribution is -2.36. The highest BCUT2D eigenvalue weighted by atomic mass is 32.1. The fourth-order valence-electron chi connectivity index (χ4n) is 1.94. The Morgan fingerprint density at radius 1 is 1.44 bits per heavy atom. The van der Waals surface area contributed by atoms with Crippen LogP contribution in [0.1, 0.15) is 18.4 Å². The van der Waals surface area contributed by atoms with Crippen LogP contribution < -0.4 is 5.32 Å². The van der Waals surface area contributed by atoms with Gasteiger partial charge in [-0.3, -0.25) is 4.79 Å². The van der Waals surface area contributed by atoms with Crippen molar-refractivity contribution >= 4 is 17.2 Å². The Labute approximate surface area is 100 Å². The van der Waals surface area contributed by atoms with Gasteiger partial charge in [-0.2, -0.15) is 11.3 Å². The molecule has 88 valence electrons. The topological polar surface area (TPSA) is 32.3 Å². The summed E-state index contributed by atoms with van der Waals surface area (Å²) in [5.74, 6) is 0.253. The predicted octanol–water partition coefficient (Wildman–Crippen LogP) is 1.50. The normalized spacial score (nSPS) is 15.6. The monoisotopic (exact) mass is 238 g/mol. The molecule has 0 spiro atoms. The zero-order chi connectivity index (χ0) is 11.2. The average Bonchev–Trinajstić information content (AvgIpc) is 2.96. The largest absolute Gasteiger partial charge is 0.342 e. The van der Waals surface area contributed by atoms with E-state index in [4.69, 9.17) is 0 Å². The molecular weight excluding hydrogens is 220 g/mol. The minimum atomic E-state index is 0.253. The quantitative estimate of drug-likeness (QED) is 0.789. The van der Waals surface area contributed by atoms with Crippen molar-refractivity contribution in [1.82, 2.24) is 10.2 Å². The Bertz CT molecular complexity index is 318. The highest BCUT2D eigenvalue weighted by Gasteiger charge is 2.16. The molecule has 0 saturated carbocycles. The van der Waals surface area contributed by atoms with Crippen molar-refractivity contribution in [3.8, 4) is 0 Å². The summed E-state index contributed by atoms with van der Waals surface area (Å²) >= 11 is 1.72. The van der Waals surface area contributed by atoms with Crippen molar-refractivity contribution in [3.05, 3.63) is 22.4 Å². The van der Waals surface area contributed by atoms with Gasteiger partial charge in [0.1, 0.15) is 0 Å². The van der Waals surface area contributed by atoms with E-state index in [0.29, 0.717) is 6.54 Å². The van der Waals surface area contributed by atoms with Gasteiger partial charge in [-0.1, -0.05) is 0 Å². The zero-order valence-electron chi connectivity index (χ0n) is 9.45. The number of hydrogen-bond acceptors (Lipinski definition) is 3. The summed E-state index contributed by atoms with van der Waals surface area (Å²) in [5.41, 5.74) is 1.35. The van der Waals surface area contributed by atoms with Crippen LogP contribution in [0.4, 0.5) is 0 Å². The molecule has 1 aliphatic heterocycles. The van der Waals surface area contributed by atoms with Crippen molar-refractivity contribution in [2.45, 2.75) is 19.3 Å². The molecule has 1 amide bonds. The van der Waals surface area contributed by atoms with Gasteiger partial charge in [0.15, 0.2) is 0 Å². The lowest BCUT2D eigenvalue weighted by molar-refractivity contribution is -0.129. The molecule has 2 heterocycles. The Hall–Kier alpha value is -0.870. The molecule has 0 aromatic carbocycles. The number of thiophene rings is 1. The van der Waals surface area contributed by atoms with Crippen molar-refractivity contribution in [2.24, 2.45) is 0 Å². The molecular formula is C12H18N2OS. The molecule has 1 N–H and O–H groups in total. The molecule has 3 nitrogen and oxygen atoms in total. The van der Waals surface area contributed by atoms with Gasteiger partial charge in [-0.15, -0.1) is 0 Å². The first-order chi connectivity index (χ1) is 7.86. The molecule has 1 aliphatic rings. The number of nitrogens with one attached hydrogen (secondary N) is 1. The summed E-state index contributed by atoms with van der Waals surface area (Å²) in [6.07, 6.45) is 3.35. The van der Waals surface area contributed by atoms with E-state index in [0.717, 1.165) is 26.1 Å². The average molecular weight is 238 g/mol. The van der Waals surface area contributed by atoms with Gasteiger partial charge in [-0.05, 0) is 48.2 Å². The van der Waals surface area contributed by atoms with Crippen LogP contribution in [0.3, 0.4) is 0 Å². The number of rotatable bonds is 5. The van der Waals surface area contributed by atoms with Crippen LogP contribution in [-0.4, -0.2) is 37.0 Å². The molecule has 1 aromatic rings. The van der Waals surface area contributed by atoms with E-state index in [-0.39, 0.29) is 5.91 Å². The Morgan fingerprint density at radius 3 is 2.94 bits per heavy atom. The van der Waals surface area contributed by atoms with Gasteiger partial charge in [0.05, 0.1) is 6.54 Å². The van der Waals surface area contributed by atoms with Crippen molar-refractivity contribution in [3.63, 3.8) is 0 Å². The van der Waals surface area contributed by atoms with Crippen molar-refractivity contribution < 1.29 is 4.79 Å². The molecule has 0 bridgehead atoms. The van der Waals surface area contributed by atoms with E-state index in [1.54, 1.807) is 11.3 Å². The van der Waals surface area contributed by atoms with Crippen LogP contribution in [0.15, 0.2) is 16.8 Å². The van der Waals surface area contributed by atoms with E-state index >= 15 is 0 Å². The summed E-state index contributed by atoms with van der Waals surface area (Å²) < 4.78 is 0. The maximum atomic E-state index is 11.7. The second kappa shape index (κ2) is 6.01. The van der Waals surface area contributed by atoms with Crippen LogP contribution >= 0.6 is 11.3 Å². The Balaban J connectivity index is 1.59. The first kappa shape index (κ1) is 11.6. The fraction of sp³-hybridized carbons (Fsp3) is 0.583. The summed E-state index contributed by atoms with van der Waals surface area (Å²) in [7, 11) is 0. The summed E-state index contributed by atoms with van der Waals surface area (Å²) in [6.45, 7) is 3.27. The summed E-state index contributed by atoms with van der Waals surface area (Å²) in [6, 6.07) is 2.13. The van der Waals surface area contributed by atoms with E-state index in [1.165, 1.54) is 18.4 Å². The molecule has 1 fully saturated rings. The SMILES string of the molecule is O=C(CNCCc1ccsc1)N1CCCC1. The van der Waals surface area contributed by atoms with Crippen LogP contribution in [-0.2, 0) is 11.2 Å². The highest BCUT2D eigenvalue weighted by Crippen LogP contribution is 2.07. The van der Waals surface area contributed by atoms with E-state index < -0.39 is 0 Å². The lowest BCUT2D eigenvalue weighted by atomic mass is 10.2. The molecule has 0 unspecified atom stereocenters. The van der Waals surface area contributed by atoms with Gasteiger partial charge in [0.2, 0.25) is 5.91 Å². The summed E-state index contributed by atoms with van der Waals surface area (Å²) in [5, 5.41) is 7.46. The van der Waals surface area contributed by atoms with E-state index in [9.17, 15) is 4.79 Å². The Kier molecular flexibility index (Phi) is 4.36. The number of hydrogen-bond donors (Lipinski definition) is 1. The molecule has 0 radical (unpaired) electrons. The third kappa shape index (κ3) is 3.32. The molecule has 1 aromatic heterocycles. The minimum absolute atomic E-state index is 0.253. The third-order valence-electron chi connectivity index (χ3n) is 2.91. The maximum absolute atomic E-state index is 11.7. The van der Waals surface area contributed by atoms with Gasteiger partial charge >= 0.3 is 0 Å². The molecule has 0 aliphatic carbocycles. The smallest absolute Gasteiger partial charge is 0.236 e. The molecule has 4 heteroatoms. The second-order valence-electron chi connectivity index (χ2n) is 4.15.